The molecule has 1 N–H and O–H groups in total. The van der Waals surface area contributed by atoms with E-state index in [-0.39, 0.29) is 6.61 Å². The molecule has 3 nitrogen and oxygen atoms in total. The maximum absolute atomic E-state index is 10.6. The molecule has 0 aliphatic carbocycles. The molecule has 0 fully saturated rings. The summed E-state index contributed by atoms with van der Waals surface area (Å²) < 4.78 is 13.6. The zero-order chi connectivity index (χ0) is 7.49. The summed E-state index contributed by atoms with van der Waals surface area (Å²) >= 11 is 10.2. The van der Waals surface area contributed by atoms with Crippen LogP contribution in [0.2, 0.25) is 0 Å². The number of rotatable bonds is 3. The molecule has 1 unspecified atom stereocenters. The van der Waals surface area contributed by atoms with Gasteiger partial charge in [0.1, 0.15) is 0 Å². The van der Waals surface area contributed by atoms with Crippen molar-refractivity contribution in [3.05, 3.63) is 0 Å². The van der Waals surface area contributed by atoms with Crippen molar-refractivity contribution in [2.75, 3.05) is 6.61 Å². The van der Waals surface area contributed by atoms with Crippen LogP contribution in [0.15, 0.2) is 0 Å². The second-order valence-corrected chi connectivity index (χ2v) is 4.87. The summed E-state index contributed by atoms with van der Waals surface area (Å²) in [6.45, 7) is 1.71. The second kappa shape index (κ2) is 3.79. The van der Waals surface area contributed by atoms with Crippen LogP contribution in [0.5, 0.6) is 0 Å². The topological polar surface area (TPSA) is 46.5 Å². The normalized spacial score (nSPS) is 17.9. The summed E-state index contributed by atoms with van der Waals surface area (Å²) in [5.41, 5.74) is 0. The Morgan fingerprint density at radius 1 is 1.78 bits per heavy atom. The van der Waals surface area contributed by atoms with Crippen LogP contribution in [0, 0.1) is 0 Å². The minimum Gasteiger partial charge on any atom is -0.322 e. The molecule has 0 saturated heterocycles. The largest absolute Gasteiger partial charge is 0.360 e. The Morgan fingerprint density at radius 3 is 2.33 bits per heavy atom. The highest BCUT2D eigenvalue weighted by Crippen LogP contribution is 2.51. The highest BCUT2D eigenvalue weighted by atomic mass is 35.5. The molecule has 0 aromatic carbocycles. The average Bonchev–Trinajstić information content (AvgIpc) is 1.65. The quantitative estimate of drug-likeness (QED) is 0.550. The van der Waals surface area contributed by atoms with Gasteiger partial charge in [0, 0.05) is 0 Å². The van der Waals surface area contributed by atoms with Crippen LogP contribution in [0.25, 0.3) is 0 Å². The van der Waals surface area contributed by atoms with E-state index < -0.39 is 12.2 Å². The summed E-state index contributed by atoms with van der Waals surface area (Å²) in [6, 6.07) is 0. The summed E-state index contributed by atoms with van der Waals surface area (Å²) in [5.74, 6) is 0. The summed E-state index contributed by atoms with van der Waals surface area (Å²) in [4.78, 5) is 8.66. The van der Waals surface area contributed by atoms with Gasteiger partial charge in [-0.25, -0.2) is 0 Å². The van der Waals surface area contributed by atoms with E-state index in [1.165, 1.54) is 0 Å². The van der Waals surface area contributed by atoms with E-state index in [0.29, 0.717) is 0 Å². The highest BCUT2D eigenvalue weighted by Gasteiger charge is 2.27. The lowest BCUT2D eigenvalue weighted by atomic mass is 10.9. The van der Waals surface area contributed by atoms with E-state index in [0.717, 1.165) is 0 Å². The van der Waals surface area contributed by atoms with Crippen molar-refractivity contribution < 1.29 is 14.0 Å². The third-order valence-electron chi connectivity index (χ3n) is 0.561. The summed E-state index contributed by atoms with van der Waals surface area (Å²) in [7, 11) is -3.73. The first kappa shape index (κ1) is 9.73. The third kappa shape index (κ3) is 3.43. The molecule has 0 radical (unpaired) electrons. The summed E-state index contributed by atoms with van der Waals surface area (Å²) in [5, 5.41) is 0. The smallest absolute Gasteiger partial charge is 0.322 e. The summed E-state index contributed by atoms with van der Waals surface area (Å²) in [6.07, 6.45) is 0. The van der Waals surface area contributed by atoms with Gasteiger partial charge in [-0.1, -0.05) is 23.2 Å². The van der Waals surface area contributed by atoms with Crippen LogP contribution in [-0.2, 0) is 9.09 Å². The molecule has 0 aliphatic rings. The van der Waals surface area contributed by atoms with Crippen molar-refractivity contribution in [1.82, 2.24) is 0 Å². The van der Waals surface area contributed by atoms with Crippen molar-refractivity contribution in [1.29, 1.82) is 0 Å². The van der Waals surface area contributed by atoms with Crippen LogP contribution in [-0.4, -0.2) is 16.1 Å². The maximum atomic E-state index is 10.6. The minimum atomic E-state index is -3.73. The van der Waals surface area contributed by atoms with Gasteiger partial charge in [-0.15, -0.1) is 0 Å². The fraction of sp³-hybridized carbons (Fsp3) is 1.00. The van der Waals surface area contributed by atoms with Gasteiger partial charge in [-0.2, -0.15) is 0 Å². The van der Waals surface area contributed by atoms with Crippen LogP contribution < -0.4 is 0 Å². The zero-order valence-corrected chi connectivity index (χ0v) is 7.16. The predicted molar refractivity (Wildman–Crippen MR) is 36.9 cm³/mol. The fourth-order valence-corrected chi connectivity index (χ4v) is 1.06. The van der Waals surface area contributed by atoms with E-state index in [1.54, 1.807) is 6.92 Å². The zero-order valence-electron chi connectivity index (χ0n) is 4.75. The van der Waals surface area contributed by atoms with Crippen molar-refractivity contribution in [2.24, 2.45) is 0 Å². The van der Waals surface area contributed by atoms with Crippen molar-refractivity contribution in [3.63, 3.8) is 0 Å². The number of hydrogen-bond acceptors (Lipinski definition) is 2. The minimum absolute atomic E-state index is 0.129. The van der Waals surface area contributed by atoms with Gasteiger partial charge < -0.3 is 9.42 Å². The Bertz CT molecular complexity index is 126. The average molecular weight is 193 g/mol. The predicted octanol–water partition coefficient (Wildman–Crippen LogP) is 1.97. The maximum Gasteiger partial charge on any atom is 0.360 e. The molecule has 0 amide bonds. The van der Waals surface area contributed by atoms with E-state index in [2.05, 4.69) is 4.52 Å². The van der Waals surface area contributed by atoms with E-state index in [4.69, 9.17) is 28.1 Å². The van der Waals surface area contributed by atoms with E-state index in [9.17, 15) is 4.57 Å². The second-order valence-electron chi connectivity index (χ2n) is 1.26. The van der Waals surface area contributed by atoms with E-state index >= 15 is 0 Å². The monoisotopic (exact) mass is 192 g/mol. The molecule has 56 valence electrons. The van der Waals surface area contributed by atoms with Gasteiger partial charge >= 0.3 is 7.60 Å². The molecule has 0 saturated carbocycles. The molecule has 0 aromatic rings. The molecule has 0 rings (SSSR count). The standard InChI is InChI=1S/C3H7Cl2O3P/c1-2-8-9(6,7)3(4)5/h3H,2H2,1H3,(H,6,7). The third-order valence-corrected chi connectivity index (χ3v) is 3.16. The Balaban J connectivity index is 3.87. The van der Waals surface area contributed by atoms with Gasteiger partial charge in [0.05, 0.1) is 6.61 Å². The Hall–Kier alpha value is 0.730. The Kier molecular flexibility index (Phi) is 4.10. The lowest BCUT2D eigenvalue weighted by molar-refractivity contribution is 0.276. The first-order chi connectivity index (χ1) is 4.00. The van der Waals surface area contributed by atoms with Crippen molar-refractivity contribution >= 4 is 30.8 Å². The molecule has 9 heavy (non-hydrogen) atoms. The number of halogens is 2. The molecule has 1 atom stereocenters. The molecule has 0 spiro atoms. The molecule has 0 heterocycles. The molecule has 0 bridgehead atoms. The van der Waals surface area contributed by atoms with Gasteiger partial charge in [-0.3, -0.25) is 4.57 Å². The molecule has 0 aromatic heterocycles. The molecule has 0 aliphatic heterocycles. The first-order valence-electron chi connectivity index (χ1n) is 2.26. The van der Waals surface area contributed by atoms with Crippen LogP contribution in [0.1, 0.15) is 6.92 Å². The van der Waals surface area contributed by atoms with Gasteiger partial charge in [0.2, 0.25) is 4.58 Å². The Morgan fingerprint density at radius 2 is 2.22 bits per heavy atom. The molecule has 6 heteroatoms. The van der Waals surface area contributed by atoms with Crippen molar-refractivity contribution in [3.8, 4) is 0 Å². The molecular formula is C3H7Cl2O3P. The van der Waals surface area contributed by atoms with Gasteiger partial charge in [0.15, 0.2) is 0 Å². The van der Waals surface area contributed by atoms with Gasteiger partial charge in [-0.05, 0) is 6.92 Å². The van der Waals surface area contributed by atoms with Crippen LogP contribution in [0.3, 0.4) is 0 Å². The number of alkyl halides is 2. The fourth-order valence-electron chi connectivity index (χ4n) is 0.241. The lowest BCUT2D eigenvalue weighted by Gasteiger charge is -2.09. The van der Waals surface area contributed by atoms with Crippen molar-refractivity contribution in [2.45, 2.75) is 11.5 Å². The SMILES string of the molecule is CCOP(=O)(O)C(Cl)Cl. The van der Waals surface area contributed by atoms with Crippen LogP contribution >= 0.6 is 30.8 Å². The van der Waals surface area contributed by atoms with E-state index in [1.807, 2.05) is 0 Å². The Labute approximate surface area is 63.4 Å². The number of hydrogen-bond donors (Lipinski definition) is 1. The highest BCUT2D eigenvalue weighted by molar-refractivity contribution is 7.57. The van der Waals surface area contributed by atoms with Crippen LogP contribution in [0.4, 0.5) is 0 Å². The van der Waals surface area contributed by atoms with Gasteiger partial charge in [0.25, 0.3) is 0 Å². The lowest BCUT2D eigenvalue weighted by Crippen LogP contribution is -1.95. The molecular weight excluding hydrogens is 186 g/mol. The first-order valence-corrected chi connectivity index (χ1v) is 4.78.